The Morgan fingerprint density at radius 3 is 2.58 bits per heavy atom. The van der Waals surface area contributed by atoms with E-state index in [0.717, 1.165) is 0 Å². The lowest BCUT2D eigenvalue weighted by Gasteiger charge is -2.13. The van der Waals surface area contributed by atoms with E-state index in [4.69, 9.17) is 26.7 Å². The van der Waals surface area contributed by atoms with Gasteiger partial charge in [-0.15, -0.1) is 0 Å². The molecule has 7 nitrogen and oxygen atoms in total. The summed E-state index contributed by atoms with van der Waals surface area (Å²) in [4.78, 5) is 12.1. The second-order valence-corrected chi connectivity index (χ2v) is 8.56. The van der Waals surface area contributed by atoms with Crippen LogP contribution in [0.15, 0.2) is 71.6 Å². The Hall–Kier alpha value is -3.38. The summed E-state index contributed by atoms with van der Waals surface area (Å²) >= 11 is 6.07. The number of ether oxygens (including phenoxy) is 1. The number of carbonyl (C=O) groups is 1. The molecule has 158 valence electrons. The zero-order valence-corrected chi connectivity index (χ0v) is 17.8. The van der Waals surface area contributed by atoms with Crippen LogP contribution in [0.25, 0.3) is 0 Å². The maximum atomic E-state index is 12.3. The molecule has 0 heterocycles. The third-order valence-corrected chi connectivity index (χ3v) is 5.59. The van der Waals surface area contributed by atoms with Gasteiger partial charge in [0.1, 0.15) is 17.3 Å². The number of nitrogens with one attached hydrogen (secondary N) is 1. The van der Waals surface area contributed by atoms with E-state index in [0.29, 0.717) is 21.7 Å². The Morgan fingerprint density at radius 2 is 1.87 bits per heavy atom. The number of nitrogens with two attached hydrogens (primary N) is 1. The molecule has 3 N–H and O–H groups in total. The number of amides is 1. The summed E-state index contributed by atoms with van der Waals surface area (Å²) < 4.78 is 29.7. The highest BCUT2D eigenvalue weighted by atomic mass is 35.5. The first-order valence-corrected chi connectivity index (χ1v) is 11.0. The van der Waals surface area contributed by atoms with Crippen LogP contribution in [0.1, 0.15) is 16.7 Å². The number of hydrogen-bond donors (Lipinski definition) is 2. The van der Waals surface area contributed by atoms with Crippen molar-refractivity contribution in [2.24, 2.45) is 5.14 Å². The van der Waals surface area contributed by atoms with Crippen molar-refractivity contribution in [3.05, 3.63) is 88.4 Å². The van der Waals surface area contributed by atoms with Gasteiger partial charge < -0.3 is 10.1 Å². The smallest absolute Gasteiger partial charge is 0.241 e. The summed E-state index contributed by atoms with van der Waals surface area (Å²) in [5.74, 6) is -0.329. The number of benzene rings is 3. The topological polar surface area (TPSA) is 122 Å². The molecule has 0 fully saturated rings. The molecule has 0 unspecified atom stereocenters. The normalized spacial score (nSPS) is 10.9. The van der Waals surface area contributed by atoms with Gasteiger partial charge in [0.2, 0.25) is 15.9 Å². The van der Waals surface area contributed by atoms with E-state index in [2.05, 4.69) is 5.32 Å². The second kappa shape index (κ2) is 9.62. The van der Waals surface area contributed by atoms with Crippen molar-refractivity contribution in [1.29, 1.82) is 5.26 Å². The van der Waals surface area contributed by atoms with E-state index in [9.17, 15) is 13.2 Å². The van der Waals surface area contributed by atoms with Crippen molar-refractivity contribution in [3.63, 3.8) is 0 Å². The second-order valence-electron chi connectivity index (χ2n) is 6.62. The predicted molar refractivity (Wildman–Crippen MR) is 117 cm³/mol. The van der Waals surface area contributed by atoms with Gasteiger partial charge in [-0.3, -0.25) is 4.79 Å². The van der Waals surface area contributed by atoms with Crippen LogP contribution in [-0.2, 0) is 27.8 Å². The fourth-order valence-corrected chi connectivity index (χ4v) is 3.74. The lowest BCUT2D eigenvalue weighted by Crippen LogP contribution is -2.17. The molecule has 3 rings (SSSR count). The SMILES string of the molecule is N#Cc1cccc(COc2ccc(NC(=O)Cc3ccccc3Cl)cc2S(N)(=O)=O)c1. The van der Waals surface area contributed by atoms with Gasteiger partial charge in [0.05, 0.1) is 18.1 Å². The minimum absolute atomic E-state index is 0.0257. The van der Waals surface area contributed by atoms with Crippen molar-refractivity contribution in [1.82, 2.24) is 0 Å². The van der Waals surface area contributed by atoms with Gasteiger partial charge in [0.25, 0.3) is 0 Å². The Morgan fingerprint density at radius 1 is 1.10 bits per heavy atom. The minimum Gasteiger partial charge on any atom is -0.487 e. The van der Waals surface area contributed by atoms with Crippen LogP contribution >= 0.6 is 11.6 Å². The van der Waals surface area contributed by atoms with Crippen LogP contribution in [0, 0.1) is 11.3 Å². The van der Waals surface area contributed by atoms with E-state index in [-0.39, 0.29) is 35.3 Å². The number of halogens is 1. The Kier molecular flexibility index (Phi) is 6.92. The van der Waals surface area contributed by atoms with Gasteiger partial charge in [-0.2, -0.15) is 5.26 Å². The average Bonchev–Trinajstić information content (AvgIpc) is 2.74. The summed E-state index contributed by atoms with van der Waals surface area (Å²) in [6.07, 6.45) is 0.0257. The number of primary sulfonamides is 1. The molecule has 3 aromatic rings. The Balaban J connectivity index is 1.77. The number of sulfonamides is 1. The molecule has 0 radical (unpaired) electrons. The quantitative estimate of drug-likeness (QED) is 0.563. The molecule has 0 aliphatic carbocycles. The maximum absolute atomic E-state index is 12.3. The van der Waals surface area contributed by atoms with Crippen LogP contribution < -0.4 is 15.2 Å². The van der Waals surface area contributed by atoms with Crippen LogP contribution in [-0.4, -0.2) is 14.3 Å². The van der Waals surface area contributed by atoms with Crippen molar-refractivity contribution in [2.45, 2.75) is 17.9 Å². The Bertz CT molecular complexity index is 1270. The van der Waals surface area contributed by atoms with Gasteiger partial charge in [-0.1, -0.05) is 41.9 Å². The summed E-state index contributed by atoms with van der Waals surface area (Å²) in [5.41, 5.74) is 2.05. The highest BCUT2D eigenvalue weighted by molar-refractivity contribution is 7.89. The fraction of sp³-hybridized carbons (Fsp3) is 0.0909. The third kappa shape index (κ3) is 6.06. The monoisotopic (exact) mass is 455 g/mol. The number of hydrogen-bond acceptors (Lipinski definition) is 5. The highest BCUT2D eigenvalue weighted by Crippen LogP contribution is 2.27. The highest BCUT2D eigenvalue weighted by Gasteiger charge is 2.17. The van der Waals surface area contributed by atoms with Crippen molar-refractivity contribution in [3.8, 4) is 11.8 Å². The van der Waals surface area contributed by atoms with Gasteiger partial charge in [0.15, 0.2) is 0 Å². The standard InChI is InChI=1S/C22H18ClN3O4S/c23-19-7-2-1-6-17(19)11-22(27)26-18-8-9-20(21(12-18)31(25,28)29)30-14-16-5-3-4-15(10-16)13-24/h1-10,12H,11,14H2,(H,26,27)(H2,25,28,29). The average molecular weight is 456 g/mol. The van der Waals surface area contributed by atoms with Crippen LogP contribution in [0.2, 0.25) is 5.02 Å². The first-order valence-electron chi connectivity index (χ1n) is 9.08. The van der Waals surface area contributed by atoms with E-state index >= 15 is 0 Å². The molecule has 0 saturated carbocycles. The van der Waals surface area contributed by atoms with Crippen molar-refractivity contribution in [2.75, 3.05) is 5.32 Å². The summed E-state index contributed by atoms with van der Waals surface area (Å²) in [6, 6.07) is 19.9. The first-order chi connectivity index (χ1) is 14.8. The van der Waals surface area contributed by atoms with Gasteiger partial charge >= 0.3 is 0 Å². The lowest BCUT2D eigenvalue weighted by molar-refractivity contribution is -0.115. The van der Waals surface area contributed by atoms with E-state index in [1.807, 2.05) is 6.07 Å². The molecule has 9 heteroatoms. The number of nitriles is 1. The minimum atomic E-state index is -4.12. The molecule has 1 amide bonds. The molecule has 3 aromatic carbocycles. The van der Waals surface area contributed by atoms with E-state index < -0.39 is 10.0 Å². The van der Waals surface area contributed by atoms with Gasteiger partial charge in [-0.25, -0.2) is 13.6 Å². The number of carbonyl (C=O) groups excluding carboxylic acids is 1. The predicted octanol–water partition coefficient (Wildman–Crippen LogP) is 3.62. The molecular weight excluding hydrogens is 438 g/mol. The molecule has 0 spiro atoms. The molecule has 0 aliphatic rings. The molecule has 0 atom stereocenters. The lowest BCUT2D eigenvalue weighted by atomic mass is 10.1. The zero-order valence-electron chi connectivity index (χ0n) is 16.2. The molecule has 0 aromatic heterocycles. The number of nitrogens with zero attached hydrogens (tertiary/aromatic N) is 1. The largest absolute Gasteiger partial charge is 0.487 e. The van der Waals surface area contributed by atoms with Crippen molar-refractivity contribution < 1.29 is 17.9 Å². The first kappa shape index (κ1) is 22.3. The van der Waals surface area contributed by atoms with Gasteiger partial charge in [-0.05, 0) is 47.5 Å². The molecule has 0 saturated heterocycles. The van der Waals surface area contributed by atoms with Gasteiger partial charge in [0, 0.05) is 10.7 Å². The molecular formula is C22H18ClN3O4S. The maximum Gasteiger partial charge on any atom is 0.241 e. The number of rotatable bonds is 7. The fourth-order valence-electron chi connectivity index (χ4n) is 2.84. The van der Waals surface area contributed by atoms with Crippen molar-refractivity contribution >= 4 is 33.2 Å². The zero-order chi connectivity index (χ0) is 22.4. The third-order valence-electron chi connectivity index (χ3n) is 4.29. The van der Waals surface area contributed by atoms with Crippen LogP contribution in [0.4, 0.5) is 5.69 Å². The molecule has 0 aliphatic heterocycles. The van der Waals surface area contributed by atoms with Crippen LogP contribution in [0.5, 0.6) is 5.75 Å². The molecule has 0 bridgehead atoms. The van der Waals surface area contributed by atoms with Crippen LogP contribution in [0.3, 0.4) is 0 Å². The van der Waals surface area contributed by atoms with E-state index in [1.165, 1.54) is 18.2 Å². The summed E-state index contributed by atoms with van der Waals surface area (Å²) in [6.45, 7) is 0.0379. The summed E-state index contributed by atoms with van der Waals surface area (Å²) in [5, 5.41) is 17.4. The summed E-state index contributed by atoms with van der Waals surface area (Å²) in [7, 11) is -4.12. The van der Waals surface area contributed by atoms with E-state index in [1.54, 1.807) is 48.5 Å². The Labute approximate surface area is 185 Å². The number of anilines is 1. The molecule has 31 heavy (non-hydrogen) atoms.